The minimum atomic E-state index is -0.826. The molecule has 0 fully saturated rings. The predicted octanol–water partition coefficient (Wildman–Crippen LogP) is 8.41. The van der Waals surface area contributed by atoms with Crippen molar-refractivity contribution in [3.8, 4) is 5.75 Å². The van der Waals surface area contributed by atoms with Crippen molar-refractivity contribution < 1.29 is 26.0 Å². The molecule has 0 saturated carbocycles. The molecule has 0 atom stereocenters. The first-order chi connectivity index (χ1) is 13.6. The van der Waals surface area contributed by atoms with Crippen LogP contribution in [0.5, 0.6) is 5.75 Å². The van der Waals surface area contributed by atoms with Gasteiger partial charge in [-0.05, 0) is 51.1 Å². The summed E-state index contributed by atoms with van der Waals surface area (Å²) >= 11 is -0.826. The summed E-state index contributed by atoms with van der Waals surface area (Å²) in [5.74, 6) is 0.316. The maximum atomic E-state index is 10.7. The third-order valence-corrected chi connectivity index (χ3v) is 4.88. The fourth-order valence-corrected chi connectivity index (χ4v) is 2.97. The van der Waals surface area contributed by atoms with Crippen LogP contribution in [-0.4, -0.2) is 11.3 Å². The van der Waals surface area contributed by atoms with Gasteiger partial charge in [0.25, 0.3) is 0 Å². The second-order valence-corrected chi connectivity index (χ2v) is 14.3. The Labute approximate surface area is 201 Å². The summed E-state index contributed by atoms with van der Waals surface area (Å²) in [4.78, 5) is 4.72. The Morgan fingerprint density at radius 3 is 1.67 bits per heavy atom. The van der Waals surface area contributed by atoms with Gasteiger partial charge in [0.15, 0.2) is 0 Å². The monoisotopic (exact) mass is 525 g/mol. The van der Waals surface area contributed by atoms with Gasteiger partial charge in [0.05, 0.1) is 5.69 Å². The van der Waals surface area contributed by atoms with Gasteiger partial charge in [-0.1, -0.05) is 80.5 Å². The van der Waals surface area contributed by atoms with E-state index in [2.05, 4.69) is 80.5 Å². The Kier molecular flexibility index (Phi) is 9.86. The number of aromatic hydroxyl groups is 1. The average Bonchev–Trinajstić information content (AvgIpc) is 2.59. The van der Waals surface area contributed by atoms with Gasteiger partial charge in [0.2, 0.25) is 0 Å². The van der Waals surface area contributed by atoms with E-state index in [9.17, 15) is 5.11 Å². The molecule has 0 unspecified atom stereocenters. The second-order valence-electron chi connectivity index (χ2n) is 10.6. The van der Waals surface area contributed by atoms with Crippen LogP contribution < -0.4 is 0 Å². The maximum absolute atomic E-state index is 10.7. The van der Waals surface area contributed by atoms with Crippen molar-refractivity contribution in [3.05, 3.63) is 58.7 Å². The third-order valence-electron chi connectivity index (χ3n) is 4.88. The fourth-order valence-electron chi connectivity index (χ4n) is 2.97. The molecular formula is C25H35Cl2NOZr. The van der Waals surface area contributed by atoms with Crippen LogP contribution in [0.3, 0.4) is 0 Å². The van der Waals surface area contributed by atoms with Gasteiger partial charge in [-0.3, -0.25) is 4.99 Å². The predicted molar refractivity (Wildman–Crippen MR) is 130 cm³/mol. The van der Waals surface area contributed by atoms with Crippen molar-refractivity contribution in [1.82, 2.24) is 0 Å². The third kappa shape index (κ3) is 8.14. The molecule has 0 aliphatic heterocycles. The van der Waals surface area contributed by atoms with Gasteiger partial charge in [-0.25, -0.2) is 0 Å². The number of hydrogen-bond acceptors (Lipinski definition) is 2. The molecule has 2 rings (SSSR count). The summed E-state index contributed by atoms with van der Waals surface area (Å²) in [6.45, 7) is 19.6. The van der Waals surface area contributed by atoms with E-state index in [0.29, 0.717) is 5.75 Å². The summed E-state index contributed by atoms with van der Waals surface area (Å²) in [6, 6.07) is 12.5. The molecule has 2 nitrogen and oxygen atoms in total. The molecular weight excluding hydrogens is 492 g/mol. The van der Waals surface area contributed by atoms with Crippen LogP contribution in [0.15, 0.2) is 41.4 Å². The van der Waals surface area contributed by atoms with Crippen molar-refractivity contribution in [1.29, 1.82) is 0 Å². The number of benzene rings is 2. The minimum absolute atomic E-state index is 0.0554. The van der Waals surface area contributed by atoms with E-state index < -0.39 is 20.8 Å². The number of hydrogen-bond donors (Lipinski definition) is 1. The molecule has 5 heteroatoms. The second kappa shape index (κ2) is 10.8. The first kappa shape index (κ1) is 27.4. The molecule has 0 amide bonds. The molecule has 0 radical (unpaired) electrons. The van der Waals surface area contributed by atoms with Crippen molar-refractivity contribution in [3.63, 3.8) is 0 Å². The number of rotatable bonds is 2. The summed E-state index contributed by atoms with van der Waals surface area (Å²) < 4.78 is 0. The molecule has 0 spiro atoms. The Bertz CT molecular complexity index is 840. The van der Waals surface area contributed by atoms with Crippen molar-refractivity contribution in [2.24, 2.45) is 4.99 Å². The van der Waals surface area contributed by atoms with Crippen molar-refractivity contribution in [2.45, 2.75) is 78.6 Å². The number of nitrogens with zero attached hydrogens (tertiary/aromatic N) is 1. The van der Waals surface area contributed by atoms with Crippen molar-refractivity contribution >= 4 is 28.9 Å². The summed E-state index contributed by atoms with van der Waals surface area (Å²) in [5, 5.41) is 10.7. The first-order valence-electron chi connectivity index (χ1n) is 10.1. The quantitative estimate of drug-likeness (QED) is 0.391. The molecule has 1 N–H and O–H groups in total. The molecule has 164 valence electrons. The number of aliphatic imine (C=N–C) groups is 1. The number of phenols is 1. The summed E-state index contributed by atoms with van der Waals surface area (Å²) in [6.07, 6.45) is 1.78. The van der Waals surface area contributed by atoms with E-state index in [1.165, 1.54) is 11.1 Å². The van der Waals surface area contributed by atoms with Crippen LogP contribution in [0, 0.1) is 0 Å². The number of halogens is 2. The average molecular weight is 528 g/mol. The SMILES string of the molecule is CC(C)(C)c1cc(N=Cc2cccc(C(C)(C)C)c2O)cc(C(C)(C)C)c1.[Cl][Zr][Cl]. The Balaban J connectivity index is 0.00000141. The number of phenolic OH excluding ortho intramolecular Hbond substituents is 1. The van der Waals surface area contributed by atoms with Gasteiger partial charge < -0.3 is 5.11 Å². The van der Waals surface area contributed by atoms with E-state index in [1.807, 2.05) is 18.2 Å². The van der Waals surface area contributed by atoms with Crippen molar-refractivity contribution in [2.75, 3.05) is 0 Å². The van der Waals surface area contributed by atoms with Crippen LogP contribution in [0.4, 0.5) is 5.69 Å². The zero-order valence-corrected chi connectivity index (χ0v) is 23.7. The molecule has 0 heterocycles. The van der Waals surface area contributed by atoms with E-state index in [1.54, 1.807) is 6.21 Å². The van der Waals surface area contributed by atoms with Crippen LogP contribution in [-0.2, 0) is 37.1 Å². The summed E-state index contributed by atoms with van der Waals surface area (Å²) in [7, 11) is 9.87. The van der Waals surface area contributed by atoms with E-state index in [4.69, 9.17) is 22.0 Å². The molecule has 0 aromatic heterocycles. The van der Waals surface area contributed by atoms with Crippen LogP contribution in [0.25, 0.3) is 0 Å². The number of para-hydroxylation sites is 1. The normalized spacial score (nSPS) is 12.5. The van der Waals surface area contributed by atoms with E-state index in [-0.39, 0.29) is 16.2 Å². The zero-order chi connectivity index (χ0) is 23.3. The Hall–Kier alpha value is -0.627. The topological polar surface area (TPSA) is 32.6 Å². The molecule has 0 aliphatic carbocycles. The molecule has 0 saturated heterocycles. The van der Waals surface area contributed by atoms with E-state index >= 15 is 0 Å². The van der Waals surface area contributed by atoms with Crippen LogP contribution in [0.2, 0.25) is 0 Å². The molecule has 0 bridgehead atoms. The Morgan fingerprint density at radius 1 is 0.800 bits per heavy atom. The van der Waals surface area contributed by atoms with Crippen LogP contribution in [0.1, 0.15) is 84.6 Å². The van der Waals surface area contributed by atoms with Crippen LogP contribution >= 0.6 is 17.0 Å². The zero-order valence-electron chi connectivity index (χ0n) is 19.7. The fraction of sp³-hybridized carbons (Fsp3) is 0.480. The van der Waals surface area contributed by atoms with Gasteiger partial charge in [0, 0.05) is 11.8 Å². The van der Waals surface area contributed by atoms with Gasteiger partial charge >= 0.3 is 37.9 Å². The summed E-state index contributed by atoms with van der Waals surface area (Å²) in [5.41, 5.74) is 5.16. The van der Waals surface area contributed by atoms with E-state index in [0.717, 1.165) is 16.8 Å². The Morgan fingerprint density at radius 2 is 1.27 bits per heavy atom. The van der Waals surface area contributed by atoms with Gasteiger partial charge in [0.1, 0.15) is 5.75 Å². The van der Waals surface area contributed by atoms with Gasteiger partial charge in [-0.2, -0.15) is 0 Å². The molecule has 2 aromatic rings. The standard InChI is InChI=1S/C25H35NO.2ClH.Zr/c1-23(2,3)18-13-19(24(4,5)6)15-20(14-18)26-16-17-11-10-12-21(22(17)27)25(7,8)9;;;/h10-16,27H,1-9H3;2*1H;/q;;;+2/p-2. The molecule has 2 aromatic carbocycles. The first-order valence-corrected chi connectivity index (χ1v) is 16.4. The molecule has 0 aliphatic rings. The van der Waals surface area contributed by atoms with Gasteiger partial charge in [-0.15, -0.1) is 0 Å². The molecule has 30 heavy (non-hydrogen) atoms.